The van der Waals surface area contributed by atoms with Crippen molar-refractivity contribution in [2.24, 2.45) is 10.8 Å². The standard InChI is InChI=1S/C25H31NO8/c1-12(2)15-17(33-18(28)14-7-6-10-26-14)23(31)19(4)11-22(30)20(15,5)25(23,32)24(34-22)16(27)13(3)8-9-21(19,24)29/h6-7,10,16-17,26-27,29-32H,3,8-9,11H2,1-2,4-5H3/t16?,17?,19-,20+,21-,22-,23+,24+,25+/m0/s1. The zero-order valence-electron chi connectivity index (χ0n) is 19.7. The zero-order chi connectivity index (χ0) is 24.9. The fourth-order valence-electron chi connectivity index (χ4n) is 8.84. The fraction of sp³-hybridized carbons (Fsp3) is 0.640. The summed E-state index contributed by atoms with van der Waals surface area (Å²) >= 11 is 0. The molecule has 7 rings (SSSR count). The van der Waals surface area contributed by atoms with Crippen LogP contribution in [0.1, 0.15) is 57.4 Å². The van der Waals surface area contributed by atoms with Crippen molar-refractivity contribution in [2.45, 2.75) is 87.4 Å². The predicted molar refractivity (Wildman–Crippen MR) is 117 cm³/mol. The van der Waals surface area contributed by atoms with Gasteiger partial charge in [-0.1, -0.05) is 19.1 Å². The molecular formula is C25H31NO8. The molecule has 0 aromatic carbocycles. The molecule has 9 atom stereocenters. The highest BCUT2D eigenvalue weighted by Gasteiger charge is 3.07. The first-order chi connectivity index (χ1) is 15.6. The van der Waals surface area contributed by atoms with E-state index >= 15 is 0 Å². The van der Waals surface area contributed by atoms with E-state index in [0.717, 1.165) is 0 Å². The molecule has 1 spiro atoms. The Kier molecular flexibility index (Phi) is 3.76. The Morgan fingerprint density at radius 2 is 1.91 bits per heavy atom. The average molecular weight is 474 g/mol. The molecule has 4 saturated carbocycles. The third kappa shape index (κ3) is 1.64. The quantitative estimate of drug-likeness (QED) is 0.271. The van der Waals surface area contributed by atoms with Crippen LogP contribution < -0.4 is 0 Å². The van der Waals surface area contributed by atoms with Crippen molar-refractivity contribution >= 4 is 5.97 Å². The molecule has 9 heteroatoms. The second-order valence-corrected chi connectivity index (χ2v) is 11.4. The monoisotopic (exact) mass is 473 g/mol. The van der Waals surface area contributed by atoms with Gasteiger partial charge in [0.15, 0.2) is 17.5 Å². The van der Waals surface area contributed by atoms with E-state index in [0.29, 0.717) is 16.7 Å². The maximum Gasteiger partial charge on any atom is 0.355 e. The van der Waals surface area contributed by atoms with E-state index < -0.39 is 57.2 Å². The number of rotatable bonds is 2. The Morgan fingerprint density at radius 1 is 1.24 bits per heavy atom. The molecule has 2 saturated heterocycles. The van der Waals surface area contributed by atoms with Gasteiger partial charge in [0, 0.05) is 18.0 Å². The van der Waals surface area contributed by atoms with Gasteiger partial charge in [-0.3, -0.25) is 0 Å². The Hall–Kier alpha value is -2.01. The van der Waals surface area contributed by atoms with Crippen LogP contribution in [0.3, 0.4) is 0 Å². The highest BCUT2D eigenvalue weighted by Crippen LogP contribution is 2.89. The van der Waals surface area contributed by atoms with Gasteiger partial charge in [-0.2, -0.15) is 0 Å². The summed E-state index contributed by atoms with van der Waals surface area (Å²) in [6, 6.07) is 3.15. The molecule has 9 nitrogen and oxygen atoms in total. The number of aliphatic hydroxyl groups excluding tert-OH is 1. The van der Waals surface area contributed by atoms with E-state index in [9.17, 15) is 30.3 Å². The van der Waals surface area contributed by atoms with Crippen molar-refractivity contribution < 1.29 is 39.8 Å². The number of carbonyl (C=O) groups excluding carboxylic acids is 1. The van der Waals surface area contributed by atoms with Crippen LogP contribution in [0.4, 0.5) is 0 Å². The summed E-state index contributed by atoms with van der Waals surface area (Å²) in [6.45, 7) is 10.5. The maximum atomic E-state index is 13.1. The molecule has 6 fully saturated rings. The van der Waals surface area contributed by atoms with E-state index in [2.05, 4.69) is 11.6 Å². The Bertz CT molecular complexity index is 1190. The van der Waals surface area contributed by atoms with Gasteiger partial charge >= 0.3 is 5.97 Å². The average Bonchev–Trinajstić information content (AvgIpc) is 3.38. The second-order valence-electron chi connectivity index (χ2n) is 11.4. The smallest absolute Gasteiger partial charge is 0.355 e. The van der Waals surface area contributed by atoms with Gasteiger partial charge < -0.3 is 40.0 Å². The van der Waals surface area contributed by atoms with Gasteiger partial charge in [0.2, 0.25) is 0 Å². The minimum absolute atomic E-state index is 0.0393. The van der Waals surface area contributed by atoms with E-state index in [1.54, 1.807) is 40.0 Å². The SMILES string of the molecule is C=C1CC[C@]2(O)[C@]3(C)C[C@]4(O)O[C@@]2(C1O)[C@@]1(O)[C@]4(C)C(=C(C)C)C(OC(=O)c2ccc[nH]2)[C@@]31O. The van der Waals surface area contributed by atoms with Crippen molar-refractivity contribution in [2.75, 3.05) is 0 Å². The Morgan fingerprint density at radius 3 is 2.50 bits per heavy atom. The maximum absolute atomic E-state index is 13.1. The Labute approximate surface area is 196 Å². The summed E-state index contributed by atoms with van der Waals surface area (Å²) in [5.41, 5.74) is -10.8. The minimum Gasteiger partial charge on any atom is -0.450 e. The van der Waals surface area contributed by atoms with Crippen LogP contribution in [0.2, 0.25) is 0 Å². The van der Waals surface area contributed by atoms with Gasteiger partial charge in [-0.15, -0.1) is 0 Å². The first-order valence-electron chi connectivity index (χ1n) is 11.6. The number of carbonyl (C=O) groups is 1. The highest BCUT2D eigenvalue weighted by molar-refractivity contribution is 5.88. The topological polar surface area (TPSA) is 152 Å². The minimum atomic E-state index is -2.42. The number of ether oxygens (including phenoxy) is 2. The molecular weight excluding hydrogens is 442 g/mol. The van der Waals surface area contributed by atoms with E-state index in [4.69, 9.17) is 9.47 Å². The number of aliphatic hydroxyl groups is 5. The van der Waals surface area contributed by atoms with Crippen LogP contribution in [0.15, 0.2) is 41.6 Å². The van der Waals surface area contributed by atoms with Gasteiger partial charge in [0.25, 0.3) is 0 Å². The van der Waals surface area contributed by atoms with E-state index in [-0.39, 0.29) is 25.0 Å². The molecule has 3 heterocycles. The summed E-state index contributed by atoms with van der Waals surface area (Å²) in [6.07, 6.45) is -1.39. The molecule has 34 heavy (non-hydrogen) atoms. The van der Waals surface area contributed by atoms with Gasteiger partial charge in [0.05, 0.1) is 5.41 Å². The number of allylic oxidation sites excluding steroid dienone is 1. The second kappa shape index (κ2) is 5.69. The molecule has 0 amide bonds. The number of H-pyrrole nitrogens is 1. The van der Waals surface area contributed by atoms with Crippen LogP contribution in [-0.2, 0) is 9.47 Å². The van der Waals surface area contributed by atoms with Gasteiger partial charge in [-0.25, -0.2) is 4.79 Å². The molecule has 0 radical (unpaired) electrons. The summed E-state index contributed by atoms with van der Waals surface area (Å²) in [7, 11) is 0. The summed E-state index contributed by atoms with van der Waals surface area (Å²) in [5.74, 6) is -2.82. The lowest BCUT2D eigenvalue weighted by Crippen LogP contribution is -2.73. The molecule has 6 bridgehead atoms. The van der Waals surface area contributed by atoms with Gasteiger partial charge in [0.1, 0.15) is 28.6 Å². The number of hydrogen-bond donors (Lipinski definition) is 6. The number of aromatic amines is 1. The molecule has 4 aliphatic carbocycles. The van der Waals surface area contributed by atoms with Crippen molar-refractivity contribution in [1.29, 1.82) is 0 Å². The Balaban J connectivity index is 1.69. The lowest BCUT2D eigenvalue weighted by molar-refractivity contribution is -0.375. The zero-order valence-corrected chi connectivity index (χ0v) is 19.7. The lowest BCUT2D eigenvalue weighted by atomic mass is 9.54. The summed E-state index contributed by atoms with van der Waals surface area (Å²) in [5, 5.41) is 61.1. The van der Waals surface area contributed by atoms with Crippen molar-refractivity contribution in [1.82, 2.24) is 4.98 Å². The van der Waals surface area contributed by atoms with Crippen molar-refractivity contribution in [3.63, 3.8) is 0 Å². The normalized spacial score (nSPS) is 54.5. The molecule has 2 aliphatic heterocycles. The van der Waals surface area contributed by atoms with Crippen LogP contribution in [0.5, 0.6) is 0 Å². The van der Waals surface area contributed by atoms with Crippen LogP contribution in [0.25, 0.3) is 0 Å². The van der Waals surface area contributed by atoms with E-state index in [1.165, 1.54) is 6.07 Å². The van der Waals surface area contributed by atoms with Crippen LogP contribution >= 0.6 is 0 Å². The van der Waals surface area contributed by atoms with Crippen LogP contribution in [-0.4, -0.2) is 76.9 Å². The molecule has 6 N–H and O–H groups in total. The molecule has 6 aliphatic rings. The van der Waals surface area contributed by atoms with E-state index in [1.807, 2.05) is 0 Å². The third-order valence-corrected chi connectivity index (χ3v) is 10.2. The van der Waals surface area contributed by atoms with Gasteiger partial charge in [-0.05, 0) is 56.9 Å². The fourth-order valence-corrected chi connectivity index (χ4v) is 8.84. The van der Waals surface area contributed by atoms with Crippen molar-refractivity contribution in [3.05, 3.63) is 47.3 Å². The number of hydrogen-bond acceptors (Lipinski definition) is 8. The first-order valence-corrected chi connectivity index (χ1v) is 11.6. The molecule has 2 unspecified atom stereocenters. The molecule has 1 aromatic heterocycles. The number of nitrogens with one attached hydrogen (secondary N) is 1. The van der Waals surface area contributed by atoms with Crippen LogP contribution in [0, 0.1) is 10.8 Å². The largest absolute Gasteiger partial charge is 0.450 e. The molecule has 1 aromatic rings. The lowest BCUT2D eigenvalue weighted by Gasteiger charge is -2.60. The third-order valence-electron chi connectivity index (χ3n) is 10.2. The predicted octanol–water partition coefficient (Wildman–Crippen LogP) is 0.682. The number of esters is 1. The van der Waals surface area contributed by atoms with Crippen molar-refractivity contribution in [3.8, 4) is 0 Å². The summed E-state index contributed by atoms with van der Waals surface area (Å²) in [4.78, 5) is 15.9. The molecule has 184 valence electrons. The number of aromatic nitrogens is 1. The summed E-state index contributed by atoms with van der Waals surface area (Å²) < 4.78 is 12.1. The first kappa shape index (κ1) is 22.5. The highest BCUT2D eigenvalue weighted by atomic mass is 16.7.